The summed E-state index contributed by atoms with van der Waals surface area (Å²) in [7, 11) is 0. The van der Waals surface area contributed by atoms with Crippen LogP contribution in [0.25, 0.3) is 10.6 Å². The molecule has 0 aliphatic rings. The number of hydrogen-bond acceptors (Lipinski definition) is 3. The van der Waals surface area contributed by atoms with Gasteiger partial charge in [0.25, 0.3) is 0 Å². The fourth-order valence-electron chi connectivity index (χ4n) is 1.55. The summed E-state index contributed by atoms with van der Waals surface area (Å²) in [4.78, 5) is 14.5. The molecule has 0 saturated carbocycles. The molecule has 2 rings (SSSR count). The van der Waals surface area contributed by atoms with Gasteiger partial charge >= 0.3 is 12.1 Å². The van der Waals surface area contributed by atoms with E-state index in [1.54, 1.807) is 0 Å². The van der Waals surface area contributed by atoms with Crippen LogP contribution >= 0.6 is 22.9 Å². The van der Waals surface area contributed by atoms with Crippen LogP contribution < -0.4 is 0 Å². The summed E-state index contributed by atoms with van der Waals surface area (Å²) in [5, 5.41) is 10.1. The van der Waals surface area contributed by atoms with E-state index in [1.807, 2.05) is 0 Å². The zero-order chi connectivity index (χ0) is 14.9. The third kappa shape index (κ3) is 3.29. The Kier molecular flexibility index (Phi) is 4.01. The van der Waals surface area contributed by atoms with Crippen molar-refractivity contribution in [1.29, 1.82) is 0 Å². The molecule has 3 nitrogen and oxygen atoms in total. The first-order chi connectivity index (χ1) is 9.27. The third-order valence-electron chi connectivity index (χ3n) is 2.40. The van der Waals surface area contributed by atoms with Crippen LogP contribution in [-0.4, -0.2) is 16.1 Å². The Hall–Kier alpha value is -1.60. The minimum atomic E-state index is -4.55. The Morgan fingerprint density at radius 1 is 1.40 bits per heavy atom. The van der Waals surface area contributed by atoms with Gasteiger partial charge < -0.3 is 5.11 Å². The van der Waals surface area contributed by atoms with Crippen LogP contribution in [0.4, 0.5) is 13.2 Å². The second kappa shape index (κ2) is 5.41. The molecule has 1 aromatic heterocycles. The maximum absolute atomic E-state index is 12.7. The Morgan fingerprint density at radius 3 is 2.70 bits per heavy atom. The molecule has 0 unspecified atom stereocenters. The highest BCUT2D eigenvalue weighted by Gasteiger charge is 2.33. The molecule has 0 spiro atoms. The molecule has 0 bridgehead atoms. The number of carbonyl (C=O) groups is 1. The quantitative estimate of drug-likeness (QED) is 0.925. The highest BCUT2D eigenvalue weighted by atomic mass is 35.5. The van der Waals surface area contributed by atoms with E-state index in [9.17, 15) is 18.0 Å². The Labute approximate surface area is 120 Å². The van der Waals surface area contributed by atoms with Crippen LogP contribution in [-0.2, 0) is 17.4 Å². The first-order valence-corrected chi connectivity index (χ1v) is 6.56. The lowest BCUT2D eigenvalue weighted by Gasteiger charge is -2.09. The zero-order valence-corrected chi connectivity index (χ0v) is 11.3. The van der Waals surface area contributed by atoms with Gasteiger partial charge in [-0.15, -0.1) is 11.3 Å². The van der Waals surface area contributed by atoms with Crippen molar-refractivity contribution >= 4 is 28.9 Å². The smallest absolute Gasteiger partial charge is 0.417 e. The number of alkyl halides is 3. The predicted molar refractivity (Wildman–Crippen MR) is 68.9 cm³/mol. The highest BCUT2D eigenvalue weighted by Crippen LogP contribution is 2.37. The van der Waals surface area contributed by atoms with Crippen molar-refractivity contribution in [3.8, 4) is 10.6 Å². The fourth-order valence-corrected chi connectivity index (χ4v) is 2.59. The Balaban J connectivity index is 2.38. The van der Waals surface area contributed by atoms with Crippen LogP contribution in [0.5, 0.6) is 0 Å². The van der Waals surface area contributed by atoms with Gasteiger partial charge in [0.15, 0.2) is 0 Å². The van der Waals surface area contributed by atoms with E-state index in [0.717, 1.165) is 23.5 Å². The number of carboxylic acid groups (broad SMARTS) is 1. The molecule has 1 heterocycles. The molecule has 20 heavy (non-hydrogen) atoms. The lowest BCUT2D eigenvalue weighted by Crippen LogP contribution is -2.06. The van der Waals surface area contributed by atoms with Gasteiger partial charge in [0.2, 0.25) is 0 Å². The molecular formula is C12H7ClF3NO2S. The maximum Gasteiger partial charge on any atom is 0.417 e. The zero-order valence-electron chi connectivity index (χ0n) is 9.74. The SMILES string of the molecule is O=C(O)Cc1csc(-c2ccc(Cl)c(C(F)(F)F)c2)n1. The minimum absolute atomic E-state index is 0.253. The van der Waals surface area contributed by atoms with Crippen LogP contribution in [0.3, 0.4) is 0 Å². The molecule has 1 N–H and O–H groups in total. The van der Waals surface area contributed by atoms with Gasteiger partial charge in [0, 0.05) is 10.9 Å². The molecule has 106 valence electrons. The average molecular weight is 322 g/mol. The number of aromatic nitrogens is 1. The number of rotatable bonds is 3. The summed E-state index contributed by atoms with van der Waals surface area (Å²) < 4.78 is 38.2. The fraction of sp³-hybridized carbons (Fsp3) is 0.167. The predicted octanol–water partition coefficient (Wildman–Crippen LogP) is 4.11. The maximum atomic E-state index is 12.7. The van der Waals surface area contributed by atoms with E-state index in [1.165, 1.54) is 11.4 Å². The van der Waals surface area contributed by atoms with Gasteiger partial charge in [-0.05, 0) is 12.1 Å². The van der Waals surface area contributed by atoms with Crippen molar-refractivity contribution in [3.63, 3.8) is 0 Å². The summed E-state index contributed by atoms with van der Waals surface area (Å²) >= 11 is 6.61. The number of carboxylic acids is 1. The number of halogens is 4. The lowest BCUT2D eigenvalue weighted by molar-refractivity contribution is -0.137. The summed E-state index contributed by atoms with van der Waals surface area (Å²) in [6, 6.07) is 3.48. The number of nitrogens with zero attached hydrogens (tertiary/aromatic N) is 1. The molecular weight excluding hydrogens is 315 g/mol. The van der Waals surface area contributed by atoms with Crippen LogP contribution in [0.1, 0.15) is 11.3 Å². The first-order valence-electron chi connectivity index (χ1n) is 5.30. The van der Waals surface area contributed by atoms with Gasteiger partial charge in [0.1, 0.15) is 5.01 Å². The highest BCUT2D eigenvalue weighted by molar-refractivity contribution is 7.13. The van der Waals surface area contributed by atoms with E-state index in [2.05, 4.69) is 4.98 Å². The van der Waals surface area contributed by atoms with Crippen molar-refractivity contribution < 1.29 is 23.1 Å². The van der Waals surface area contributed by atoms with Gasteiger partial charge in [-0.3, -0.25) is 4.79 Å². The largest absolute Gasteiger partial charge is 0.481 e. The molecule has 0 aliphatic carbocycles. The average Bonchev–Trinajstić information content (AvgIpc) is 2.75. The normalized spacial score (nSPS) is 11.6. The van der Waals surface area contributed by atoms with E-state index in [-0.39, 0.29) is 17.0 Å². The van der Waals surface area contributed by atoms with Crippen molar-refractivity contribution in [1.82, 2.24) is 4.98 Å². The topological polar surface area (TPSA) is 50.2 Å². The first kappa shape index (κ1) is 14.8. The summed E-state index contributed by atoms with van der Waals surface area (Å²) in [5.41, 5.74) is -0.379. The van der Waals surface area contributed by atoms with Crippen molar-refractivity contribution in [2.75, 3.05) is 0 Å². The lowest BCUT2D eigenvalue weighted by atomic mass is 10.1. The number of benzene rings is 1. The van der Waals surface area contributed by atoms with Crippen molar-refractivity contribution in [2.24, 2.45) is 0 Å². The third-order valence-corrected chi connectivity index (χ3v) is 3.67. The van der Waals surface area contributed by atoms with Crippen LogP contribution in [0, 0.1) is 0 Å². The number of thiazole rings is 1. The van der Waals surface area contributed by atoms with Crippen molar-refractivity contribution in [2.45, 2.75) is 12.6 Å². The van der Waals surface area contributed by atoms with Crippen LogP contribution in [0.2, 0.25) is 5.02 Å². The Morgan fingerprint density at radius 2 is 2.10 bits per heavy atom. The van der Waals surface area contributed by atoms with E-state index >= 15 is 0 Å². The number of hydrogen-bond donors (Lipinski definition) is 1. The van der Waals surface area contributed by atoms with Crippen molar-refractivity contribution in [3.05, 3.63) is 39.9 Å². The second-order valence-corrected chi connectivity index (χ2v) is 5.17. The molecule has 2 aromatic rings. The molecule has 0 amide bonds. The molecule has 8 heteroatoms. The van der Waals surface area contributed by atoms with Crippen LogP contribution in [0.15, 0.2) is 23.6 Å². The van der Waals surface area contributed by atoms with Gasteiger partial charge in [-0.1, -0.05) is 17.7 Å². The van der Waals surface area contributed by atoms with E-state index in [4.69, 9.17) is 16.7 Å². The van der Waals surface area contributed by atoms with Gasteiger partial charge in [0.05, 0.1) is 22.7 Å². The van der Waals surface area contributed by atoms with E-state index < -0.39 is 17.7 Å². The standard InChI is InChI=1S/C12H7ClF3NO2S/c13-9-2-1-6(3-8(9)12(14,15)16)11-17-7(5-20-11)4-10(18)19/h1-3,5H,4H2,(H,18,19). The summed E-state index contributed by atoms with van der Waals surface area (Å²) in [6.45, 7) is 0. The molecule has 0 aliphatic heterocycles. The monoisotopic (exact) mass is 321 g/mol. The molecule has 1 aromatic carbocycles. The molecule has 0 saturated heterocycles. The van der Waals surface area contributed by atoms with Gasteiger partial charge in [-0.25, -0.2) is 4.98 Å². The van der Waals surface area contributed by atoms with E-state index in [0.29, 0.717) is 10.7 Å². The summed E-state index contributed by atoms with van der Waals surface area (Å²) in [6.07, 6.45) is -4.82. The molecule has 0 radical (unpaired) electrons. The molecule has 0 fully saturated rings. The summed E-state index contributed by atoms with van der Waals surface area (Å²) in [5.74, 6) is -1.05. The molecule has 0 atom stereocenters. The van der Waals surface area contributed by atoms with Gasteiger partial charge in [-0.2, -0.15) is 13.2 Å². The number of aliphatic carboxylic acids is 1. The Bertz CT molecular complexity index is 654. The second-order valence-electron chi connectivity index (χ2n) is 3.91. The minimum Gasteiger partial charge on any atom is -0.481 e.